The number of nitrogens with zero attached hydrogens (tertiary/aromatic N) is 3. The van der Waals surface area contributed by atoms with Gasteiger partial charge in [0, 0.05) is 31.9 Å². The lowest BCUT2D eigenvalue weighted by Gasteiger charge is -2.39. The fourth-order valence-electron chi connectivity index (χ4n) is 3.05. The lowest BCUT2D eigenvalue weighted by atomic mass is 10.2. The van der Waals surface area contributed by atoms with Crippen LogP contribution in [0.4, 0.5) is 13.2 Å². The van der Waals surface area contributed by atoms with Crippen molar-refractivity contribution in [1.82, 2.24) is 14.2 Å². The fourth-order valence-corrected chi connectivity index (χ4v) is 4.56. The van der Waals surface area contributed by atoms with Crippen molar-refractivity contribution in [2.45, 2.75) is 24.0 Å². The van der Waals surface area contributed by atoms with E-state index in [4.69, 9.17) is 9.90 Å². The maximum atomic E-state index is 12.8. The zero-order valence-electron chi connectivity index (χ0n) is 16.4. The van der Waals surface area contributed by atoms with Crippen molar-refractivity contribution in [3.63, 3.8) is 0 Å². The summed E-state index contributed by atoms with van der Waals surface area (Å²) >= 11 is 0. The van der Waals surface area contributed by atoms with Gasteiger partial charge in [0.2, 0.25) is 10.0 Å². The van der Waals surface area contributed by atoms with Gasteiger partial charge in [-0.3, -0.25) is 14.6 Å². The summed E-state index contributed by atoms with van der Waals surface area (Å²) in [5.41, 5.74) is -0.640. The third kappa shape index (κ3) is 5.79. The Balaban J connectivity index is 0.00000107. The number of alkyl halides is 3. The van der Waals surface area contributed by atoms with Gasteiger partial charge in [0.1, 0.15) is 5.69 Å². The summed E-state index contributed by atoms with van der Waals surface area (Å²) in [7, 11) is -3.96. The van der Waals surface area contributed by atoms with Crippen molar-refractivity contribution < 1.29 is 36.3 Å². The van der Waals surface area contributed by atoms with Crippen LogP contribution in [-0.4, -0.2) is 65.8 Å². The number of hydrogen-bond acceptors (Lipinski definition) is 5. The van der Waals surface area contributed by atoms with E-state index in [0.717, 1.165) is 24.3 Å². The summed E-state index contributed by atoms with van der Waals surface area (Å²) in [5, 5.41) is 6.89. The topological polar surface area (TPSA) is 108 Å². The number of piperazine rings is 1. The molecule has 1 aromatic carbocycles. The van der Waals surface area contributed by atoms with Gasteiger partial charge in [-0.05, 0) is 43.3 Å². The monoisotopic (exact) mass is 459 g/mol. The molecular weight excluding hydrogens is 439 g/mol. The van der Waals surface area contributed by atoms with Gasteiger partial charge in [-0.15, -0.1) is 0 Å². The second-order valence-corrected chi connectivity index (χ2v) is 8.49. The molecular formula is C19H20F3N3O5S. The maximum absolute atomic E-state index is 12.8. The molecule has 8 nitrogen and oxygen atoms in total. The number of benzene rings is 1. The quantitative estimate of drug-likeness (QED) is 0.706. The first-order chi connectivity index (χ1) is 14.5. The highest BCUT2D eigenvalue weighted by atomic mass is 32.2. The van der Waals surface area contributed by atoms with Gasteiger partial charge in [-0.2, -0.15) is 17.5 Å². The van der Waals surface area contributed by atoms with Gasteiger partial charge in [0.15, 0.2) is 0 Å². The van der Waals surface area contributed by atoms with Crippen molar-refractivity contribution in [2.24, 2.45) is 0 Å². The molecule has 1 fully saturated rings. The van der Waals surface area contributed by atoms with E-state index in [9.17, 15) is 26.4 Å². The molecule has 0 saturated carbocycles. The predicted octanol–water partition coefficient (Wildman–Crippen LogP) is 2.34. The molecule has 1 aliphatic heterocycles. The highest BCUT2D eigenvalue weighted by molar-refractivity contribution is 7.89. The van der Waals surface area contributed by atoms with E-state index in [2.05, 4.69) is 4.98 Å². The number of sulfonamides is 1. The summed E-state index contributed by atoms with van der Waals surface area (Å²) in [4.78, 5) is 26.3. The Morgan fingerprint density at radius 1 is 1.16 bits per heavy atom. The third-order valence-electron chi connectivity index (χ3n) is 4.55. The standard InChI is InChI=1S/C18H18F3N3O3S.CH2O2/c1-13-12-23(10-11-24(13)17(25)16-4-2-3-9-22-16)28(26,27)15-7-5-14(6-8-15)18(19,20)21;2-1-3/h2-9,13H,10-12H2,1H3;1H,(H,2,3)/t13-;/m0./s1. The molecule has 0 bridgehead atoms. The lowest BCUT2D eigenvalue weighted by Crippen LogP contribution is -2.55. The van der Waals surface area contributed by atoms with Crippen molar-refractivity contribution in [3.05, 3.63) is 59.9 Å². The molecule has 3 rings (SSSR count). The van der Waals surface area contributed by atoms with E-state index in [1.807, 2.05) is 0 Å². The van der Waals surface area contributed by atoms with Crippen LogP contribution < -0.4 is 0 Å². The zero-order chi connectivity index (χ0) is 23.2. The molecule has 168 valence electrons. The van der Waals surface area contributed by atoms with Gasteiger partial charge in [0.25, 0.3) is 12.4 Å². The molecule has 1 N–H and O–H groups in total. The first-order valence-electron chi connectivity index (χ1n) is 8.99. The van der Waals surface area contributed by atoms with E-state index >= 15 is 0 Å². The first kappa shape index (κ1) is 24.3. The highest BCUT2D eigenvalue weighted by Gasteiger charge is 2.36. The summed E-state index contributed by atoms with van der Waals surface area (Å²) < 4.78 is 64.8. The summed E-state index contributed by atoms with van der Waals surface area (Å²) in [6.45, 7) is 1.72. The van der Waals surface area contributed by atoms with Crippen LogP contribution in [0, 0.1) is 0 Å². The third-order valence-corrected chi connectivity index (χ3v) is 6.43. The second kappa shape index (κ2) is 9.88. The number of hydrogen-bond donors (Lipinski definition) is 1. The number of carbonyl (C=O) groups is 2. The number of carboxylic acid groups (broad SMARTS) is 1. The van der Waals surface area contributed by atoms with Crippen LogP contribution in [0.3, 0.4) is 0 Å². The molecule has 2 heterocycles. The Hall–Kier alpha value is -2.99. The number of halogens is 3. The minimum Gasteiger partial charge on any atom is -0.483 e. The molecule has 1 amide bonds. The molecule has 0 spiro atoms. The molecule has 12 heteroatoms. The Morgan fingerprint density at radius 3 is 2.26 bits per heavy atom. The van der Waals surface area contributed by atoms with Gasteiger partial charge in [-0.1, -0.05) is 6.07 Å². The normalized spacial score (nSPS) is 17.4. The van der Waals surface area contributed by atoms with E-state index < -0.39 is 27.8 Å². The van der Waals surface area contributed by atoms with E-state index in [1.165, 1.54) is 10.5 Å². The minimum absolute atomic E-state index is 0.0436. The maximum Gasteiger partial charge on any atom is 0.416 e. The SMILES string of the molecule is C[C@H]1CN(S(=O)(=O)c2ccc(C(F)(F)F)cc2)CCN1C(=O)c1ccccn1.O=CO. The summed E-state index contributed by atoms with van der Waals surface area (Å²) in [6, 6.07) is 7.95. The van der Waals surface area contributed by atoms with E-state index in [0.29, 0.717) is 0 Å². The summed E-state index contributed by atoms with van der Waals surface area (Å²) in [6.07, 6.45) is -3.03. The van der Waals surface area contributed by atoms with Crippen LogP contribution in [0.1, 0.15) is 23.0 Å². The molecule has 1 aromatic heterocycles. The molecule has 0 unspecified atom stereocenters. The van der Waals surface area contributed by atoms with Crippen LogP contribution in [0.25, 0.3) is 0 Å². The Kier molecular flexibility index (Phi) is 7.74. The van der Waals surface area contributed by atoms with Crippen LogP contribution >= 0.6 is 0 Å². The lowest BCUT2D eigenvalue weighted by molar-refractivity contribution is -0.137. The van der Waals surface area contributed by atoms with Gasteiger partial charge < -0.3 is 10.0 Å². The molecule has 0 aliphatic carbocycles. The zero-order valence-corrected chi connectivity index (χ0v) is 17.2. The van der Waals surface area contributed by atoms with Crippen LogP contribution in [0.15, 0.2) is 53.6 Å². The van der Waals surface area contributed by atoms with Gasteiger partial charge in [0.05, 0.1) is 10.5 Å². The fraction of sp³-hybridized carbons (Fsp3) is 0.316. The number of rotatable bonds is 3. The molecule has 1 atom stereocenters. The number of amides is 1. The minimum atomic E-state index is -4.53. The van der Waals surface area contributed by atoms with Gasteiger partial charge >= 0.3 is 6.18 Å². The van der Waals surface area contributed by atoms with Crippen LogP contribution in [0.2, 0.25) is 0 Å². The molecule has 1 saturated heterocycles. The number of aromatic nitrogens is 1. The van der Waals surface area contributed by atoms with Gasteiger partial charge in [-0.25, -0.2) is 8.42 Å². The second-order valence-electron chi connectivity index (χ2n) is 6.55. The highest BCUT2D eigenvalue weighted by Crippen LogP contribution is 2.30. The van der Waals surface area contributed by atoms with E-state index in [1.54, 1.807) is 30.0 Å². The number of carbonyl (C=O) groups excluding carboxylic acids is 1. The first-order valence-corrected chi connectivity index (χ1v) is 10.4. The van der Waals surface area contributed by atoms with E-state index in [-0.39, 0.29) is 42.6 Å². The van der Waals surface area contributed by atoms with Crippen molar-refractivity contribution >= 4 is 22.4 Å². The van der Waals surface area contributed by atoms with Crippen LogP contribution in [0.5, 0.6) is 0 Å². The van der Waals surface area contributed by atoms with Crippen molar-refractivity contribution in [2.75, 3.05) is 19.6 Å². The Labute approximate surface area is 177 Å². The van der Waals surface area contributed by atoms with Crippen molar-refractivity contribution in [3.8, 4) is 0 Å². The predicted molar refractivity (Wildman–Crippen MR) is 104 cm³/mol. The molecule has 0 radical (unpaired) electrons. The average molecular weight is 459 g/mol. The number of pyridine rings is 1. The Bertz CT molecular complexity index is 999. The summed E-state index contributed by atoms with van der Waals surface area (Å²) in [5.74, 6) is -0.292. The smallest absolute Gasteiger partial charge is 0.416 e. The molecule has 31 heavy (non-hydrogen) atoms. The Morgan fingerprint density at radius 2 is 1.77 bits per heavy atom. The largest absolute Gasteiger partial charge is 0.483 e. The molecule has 2 aromatic rings. The van der Waals surface area contributed by atoms with Crippen LogP contribution in [-0.2, 0) is 21.0 Å². The molecule has 1 aliphatic rings. The average Bonchev–Trinajstić information content (AvgIpc) is 2.74. The van der Waals surface area contributed by atoms with Crippen molar-refractivity contribution in [1.29, 1.82) is 0 Å².